The zero-order valence-corrected chi connectivity index (χ0v) is 11.6. The van der Waals surface area contributed by atoms with Crippen LogP contribution in [0.3, 0.4) is 0 Å². The van der Waals surface area contributed by atoms with Crippen molar-refractivity contribution in [3.63, 3.8) is 0 Å². The molecule has 1 unspecified atom stereocenters. The summed E-state index contributed by atoms with van der Waals surface area (Å²) in [6.07, 6.45) is 5.84. The molecule has 1 aliphatic rings. The van der Waals surface area contributed by atoms with Crippen molar-refractivity contribution < 1.29 is 0 Å². The van der Waals surface area contributed by atoms with Gasteiger partial charge in [-0.15, -0.1) is 0 Å². The standard InChI is InChI=1S/C15H22ClN/c1-14(2)8-3-9-15(17,11-10-14)12-4-6-13(16)7-5-12/h4-7H,3,8-11,17H2,1-2H3. The number of rotatable bonds is 1. The van der Waals surface area contributed by atoms with E-state index in [0.29, 0.717) is 5.41 Å². The Bertz CT molecular complexity index is 382. The van der Waals surface area contributed by atoms with Gasteiger partial charge in [-0.25, -0.2) is 0 Å². The minimum absolute atomic E-state index is 0.154. The molecular formula is C15H22ClN. The summed E-state index contributed by atoms with van der Waals surface area (Å²) >= 11 is 5.93. The van der Waals surface area contributed by atoms with Gasteiger partial charge in [-0.1, -0.05) is 44.0 Å². The van der Waals surface area contributed by atoms with Crippen molar-refractivity contribution in [3.05, 3.63) is 34.9 Å². The molecule has 2 heteroatoms. The van der Waals surface area contributed by atoms with Crippen molar-refractivity contribution in [1.29, 1.82) is 0 Å². The second kappa shape index (κ2) is 4.62. The van der Waals surface area contributed by atoms with Gasteiger partial charge in [0.15, 0.2) is 0 Å². The smallest absolute Gasteiger partial charge is 0.0409 e. The summed E-state index contributed by atoms with van der Waals surface area (Å²) in [6, 6.07) is 8.06. The average molecular weight is 252 g/mol. The van der Waals surface area contributed by atoms with E-state index >= 15 is 0 Å². The van der Waals surface area contributed by atoms with E-state index in [0.717, 1.165) is 17.9 Å². The molecule has 1 atom stereocenters. The minimum Gasteiger partial charge on any atom is -0.321 e. The van der Waals surface area contributed by atoms with Gasteiger partial charge < -0.3 is 5.73 Å². The van der Waals surface area contributed by atoms with Crippen LogP contribution in [-0.2, 0) is 5.54 Å². The highest BCUT2D eigenvalue weighted by atomic mass is 35.5. The first-order valence-electron chi connectivity index (χ1n) is 6.46. The van der Waals surface area contributed by atoms with Crippen molar-refractivity contribution in [2.45, 2.75) is 51.5 Å². The Balaban J connectivity index is 2.21. The Kier molecular flexibility index (Phi) is 3.51. The fourth-order valence-corrected chi connectivity index (χ4v) is 2.89. The highest BCUT2D eigenvalue weighted by Gasteiger charge is 2.33. The Morgan fingerprint density at radius 2 is 1.65 bits per heavy atom. The van der Waals surface area contributed by atoms with Gasteiger partial charge in [0.1, 0.15) is 0 Å². The molecule has 0 spiro atoms. The van der Waals surface area contributed by atoms with Gasteiger partial charge in [-0.2, -0.15) is 0 Å². The molecule has 0 bridgehead atoms. The van der Waals surface area contributed by atoms with Crippen LogP contribution in [0.25, 0.3) is 0 Å². The Morgan fingerprint density at radius 3 is 2.29 bits per heavy atom. The highest BCUT2D eigenvalue weighted by molar-refractivity contribution is 6.30. The molecule has 0 aromatic heterocycles. The van der Waals surface area contributed by atoms with Crippen LogP contribution >= 0.6 is 11.6 Å². The van der Waals surface area contributed by atoms with E-state index < -0.39 is 0 Å². The van der Waals surface area contributed by atoms with Crippen molar-refractivity contribution >= 4 is 11.6 Å². The van der Waals surface area contributed by atoms with Gasteiger partial charge in [0.05, 0.1) is 0 Å². The van der Waals surface area contributed by atoms with Crippen LogP contribution < -0.4 is 5.73 Å². The van der Waals surface area contributed by atoms with E-state index in [-0.39, 0.29) is 5.54 Å². The van der Waals surface area contributed by atoms with Gasteiger partial charge in [-0.05, 0) is 48.8 Å². The first-order chi connectivity index (χ1) is 7.91. The van der Waals surface area contributed by atoms with Crippen molar-refractivity contribution in [1.82, 2.24) is 0 Å². The molecular weight excluding hydrogens is 230 g/mol. The van der Waals surface area contributed by atoms with Gasteiger partial charge >= 0.3 is 0 Å². The second-order valence-corrected chi connectivity index (χ2v) is 6.62. The summed E-state index contributed by atoms with van der Waals surface area (Å²) in [5.41, 5.74) is 8.13. The molecule has 1 aromatic rings. The molecule has 2 N–H and O–H groups in total. The maximum atomic E-state index is 6.61. The molecule has 1 saturated carbocycles. The third-order valence-electron chi connectivity index (χ3n) is 4.14. The van der Waals surface area contributed by atoms with Crippen molar-refractivity contribution in [2.75, 3.05) is 0 Å². The normalized spacial score (nSPS) is 28.7. The van der Waals surface area contributed by atoms with Crippen LogP contribution in [0.4, 0.5) is 0 Å². The van der Waals surface area contributed by atoms with Crippen LogP contribution in [0.15, 0.2) is 24.3 Å². The zero-order chi connectivity index (χ0) is 12.5. The quantitative estimate of drug-likeness (QED) is 0.732. The molecule has 1 aliphatic carbocycles. The van der Waals surface area contributed by atoms with Crippen LogP contribution in [0.5, 0.6) is 0 Å². The van der Waals surface area contributed by atoms with E-state index in [1.165, 1.54) is 24.8 Å². The third-order valence-corrected chi connectivity index (χ3v) is 4.40. The van der Waals surface area contributed by atoms with E-state index in [9.17, 15) is 0 Å². The fraction of sp³-hybridized carbons (Fsp3) is 0.600. The molecule has 0 radical (unpaired) electrons. The molecule has 1 aromatic carbocycles. The molecule has 1 fully saturated rings. The number of halogens is 1. The molecule has 0 heterocycles. The third kappa shape index (κ3) is 3.02. The number of nitrogens with two attached hydrogens (primary N) is 1. The van der Waals surface area contributed by atoms with E-state index in [1.807, 2.05) is 12.1 Å². The lowest BCUT2D eigenvalue weighted by molar-refractivity contribution is 0.299. The average Bonchev–Trinajstić information content (AvgIpc) is 2.40. The van der Waals surface area contributed by atoms with Crippen LogP contribution in [0, 0.1) is 5.41 Å². The lowest BCUT2D eigenvalue weighted by Crippen LogP contribution is -2.36. The molecule has 1 nitrogen and oxygen atoms in total. The summed E-state index contributed by atoms with van der Waals surface area (Å²) in [5.74, 6) is 0. The van der Waals surface area contributed by atoms with E-state index in [1.54, 1.807) is 0 Å². The van der Waals surface area contributed by atoms with Gasteiger partial charge in [0.25, 0.3) is 0 Å². The summed E-state index contributed by atoms with van der Waals surface area (Å²) in [6.45, 7) is 4.70. The van der Waals surface area contributed by atoms with E-state index in [4.69, 9.17) is 17.3 Å². The number of hydrogen-bond donors (Lipinski definition) is 1. The van der Waals surface area contributed by atoms with Crippen molar-refractivity contribution in [3.8, 4) is 0 Å². The molecule has 94 valence electrons. The minimum atomic E-state index is -0.154. The van der Waals surface area contributed by atoms with Crippen LogP contribution in [0.1, 0.15) is 51.5 Å². The highest BCUT2D eigenvalue weighted by Crippen LogP contribution is 2.41. The Labute approximate surface area is 109 Å². The summed E-state index contributed by atoms with van der Waals surface area (Å²) in [4.78, 5) is 0. The predicted octanol–water partition coefficient (Wildman–Crippen LogP) is 4.48. The second-order valence-electron chi connectivity index (χ2n) is 6.18. The fourth-order valence-electron chi connectivity index (χ4n) is 2.76. The summed E-state index contributed by atoms with van der Waals surface area (Å²) in [7, 11) is 0. The Morgan fingerprint density at radius 1 is 1.00 bits per heavy atom. The lowest BCUT2D eigenvalue weighted by atomic mass is 9.81. The first-order valence-corrected chi connectivity index (χ1v) is 6.84. The molecule has 0 amide bonds. The van der Waals surface area contributed by atoms with Gasteiger partial charge in [0, 0.05) is 10.6 Å². The SMILES string of the molecule is CC1(C)CCCC(N)(c2ccc(Cl)cc2)CC1. The van der Waals surface area contributed by atoms with Gasteiger partial charge in [0.2, 0.25) is 0 Å². The molecule has 17 heavy (non-hydrogen) atoms. The maximum absolute atomic E-state index is 6.61. The number of hydrogen-bond acceptors (Lipinski definition) is 1. The zero-order valence-electron chi connectivity index (χ0n) is 10.8. The molecule has 0 aliphatic heterocycles. The van der Waals surface area contributed by atoms with Crippen molar-refractivity contribution in [2.24, 2.45) is 11.1 Å². The number of benzene rings is 1. The largest absolute Gasteiger partial charge is 0.321 e. The topological polar surface area (TPSA) is 26.0 Å². The molecule has 0 saturated heterocycles. The predicted molar refractivity (Wildman–Crippen MR) is 74.2 cm³/mol. The van der Waals surface area contributed by atoms with Crippen LogP contribution in [-0.4, -0.2) is 0 Å². The van der Waals surface area contributed by atoms with Gasteiger partial charge in [-0.3, -0.25) is 0 Å². The Hall–Kier alpha value is -0.530. The monoisotopic (exact) mass is 251 g/mol. The van der Waals surface area contributed by atoms with E-state index in [2.05, 4.69) is 26.0 Å². The lowest BCUT2D eigenvalue weighted by Gasteiger charge is -2.30. The maximum Gasteiger partial charge on any atom is 0.0409 e. The van der Waals surface area contributed by atoms with Crippen LogP contribution in [0.2, 0.25) is 5.02 Å². The summed E-state index contributed by atoms with van der Waals surface area (Å²) in [5, 5.41) is 0.784. The molecule has 2 rings (SSSR count). The first kappa shape index (κ1) is 12.9. The summed E-state index contributed by atoms with van der Waals surface area (Å²) < 4.78 is 0.